The molecule has 0 spiro atoms. The number of amides is 1. The predicted octanol–water partition coefficient (Wildman–Crippen LogP) is 6.05. The molecule has 0 rings (SSSR count). The van der Waals surface area contributed by atoms with E-state index in [4.69, 9.17) is 5.21 Å². The maximum absolute atomic E-state index is 10.8. The van der Waals surface area contributed by atoms with E-state index < -0.39 is 0 Å². The van der Waals surface area contributed by atoms with E-state index in [1.807, 2.05) is 0 Å². The van der Waals surface area contributed by atoms with Gasteiger partial charge < -0.3 is 0 Å². The number of nitrogens with one attached hydrogen (secondary N) is 1. The van der Waals surface area contributed by atoms with Crippen LogP contribution >= 0.6 is 12.6 Å². The first kappa shape index (κ1) is 22.8. The number of hydroxylamine groups is 1. The third-order valence-electron chi connectivity index (χ3n) is 4.44. The van der Waals surface area contributed by atoms with Gasteiger partial charge in [-0.1, -0.05) is 89.9 Å². The van der Waals surface area contributed by atoms with Crippen LogP contribution in [0.15, 0.2) is 0 Å². The summed E-state index contributed by atoms with van der Waals surface area (Å²) in [6, 6.07) is 0. The predicted molar refractivity (Wildman–Crippen MR) is 102 cm³/mol. The van der Waals surface area contributed by atoms with Gasteiger partial charge >= 0.3 is 0 Å². The van der Waals surface area contributed by atoms with Crippen LogP contribution in [0.5, 0.6) is 0 Å². The van der Waals surface area contributed by atoms with Crippen molar-refractivity contribution in [1.82, 2.24) is 5.48 Å². The van der Waals surface area contributed by atoms with Gasteiger partial charge in [-0.05, 0) is 18.6 Å². The Hall–Kier alpha value is -0.220. The lowest BCUT2D eigenvalue weighted by Gasteiger charge is -2.03. The summed E-state index contributed by atoms with van der Waals surface area (Å²) in [5.74, 6) is 0.781. The van der Waals surface area contributed by atoms with Crippen molar-refractivity contribution >= 4 is 18.5 Å². The monoisotopic (exact) mass is 345 g/mol. The molecule has 0 heterocycles. The van der Waals surface area contributed by atoms with Crippen molar-refractivity contribution in [2.24, 2.45) is 0 Å². The van der Waals surface area contributed by atoms with Crippen molar-refractivity contribution in [1.29, 1.82) is 0 Å². The maximum Gasteiger partial charge on any atom is 0.243 e. The minimum atomic E-state index is -0.261. The first-order chi connectivity index (χ1) is 11.3. The summed E-state index contributed by atoms with van der Waals surface area (Å²) in [4.78, 5) is 10.8. The van der Waals surface area contributed by atoms with E-state index in [-0.39, 0.29) is 5.91 Å². The lowest BCUT2D eigenvalue weighted by atomic mass is 10.0. The quantitative estimate of drug-likeness (QED) is 0.122. The molecule has 0 aliphatic carbocycles. The van der Waals surface area contributed by atoms with Gasteiger partial charge in [0.2, 0.25) is 5.91 Å². The lowest BCUT2D eigenvalue weighted by Crippen LogP contribution is -2.17. The molecule has 0 saturated carbocycles. The second-order valence-corrected chi connectivity index (χ2v) is 7.11. The van der Waals surface area contributed by atoms with E-state index >= 15 is 0 Å². The Balaban J connectivity index is 2.99. The van der Waals surface area contributed by atoms with Gasteiger partial charge in [-0.3, -0.25) is 10.0 Å². The van der Waals surface area contributed by atoms with Crippen LogP contribution in [0.4, 0.5) is 0 Å². The zero-order chi connectivity index (χ0) is 17.0. The maximum atomic E-state index is 10.8. The van der Waals surface area contributed by atoms with Gasteiger partial charge in [-0.15, -0.1) is 0 Å². The smallest absolute Gasteiger partial charge is 0.243 e. The van der Waals surface area contributed by atoms with Gasteiger partial charge in [0, 0.05) is 6.42 Å². The highest BCUT2D eigenvalue weighted by atomic mass is 32.1. The number of carbonyl (C=O) groups excluding carboxylic acids is 1. The molecule has 0 aromatic rings. The molecule has 138 valence electrons. The minimum absolute atomic E-state index is 0.261. The highest BCUT2D eigenvalue weighted by Gasteiger charge is 1.98. The van der Waals surface area contributed by atoms with Crippen LogP contribution in [0, 0.1) is 0 Å². The average molecular weight is 346 g/mol. The number of hydrogen-bond donors (Lipinski definition) is 3. The normalized spacial score (nSPS) is 10.9. The number of carbonyl (C=O) groups is 1. The molecule has 0 aliphatic heterocycles. The topological polar surface area (TPSA) is 49.3 Å². The Morgan fingerprint density at radius 3 is 1.22 bits per heavy atom. The average Bonchev–Trinajstić information content (AvgIpc) is 2.57. The Morgan fingerprint density at radius 2 is 0.913 bits per heavy atom. The van der Waals surface area contributed by atoms with Gasteiger partial charge in [-0.2, -0.15) is 12.6 Å². The first-order valence-corrected chi connectivity index (χ1v) is 10.5. The lowest BCUT2D eigenvalue weighted by molar-refractivity contribution is -0.129. The van der Waals surface area contributed by atoms with Crippen LogP contribution in [0.1, 0.15) is 109 Å². The summed E-state index contributed by atoms with van der Waals surface area (Å²) in [6.45, 7) is 0. The van der Waals surface area contributed by atoms with Crippen LogP contribution in [0.3, 0.4) is 0 Å². The molecule has 3 nitrogen and oxygen atoms in total. The van der Waals surface area contributed by atoms with Gasteiger partial charge in [0.1, 0.15) is 0 Å². The van der Waals surface area contributed by atoms with Crippen LogP contribution in [0.25, 0.3) is 0 Å². The molecule has 2 N–H and O–H groups in total. The molecule has 0 aliphatic rings. The Labute approximate surface area is 149 Å². The van der Waals surface area contributed by atoms with E-state index in [1.165, 1.54) is 89.9 Å². The molecule has 0 fully saturated rings. The summed E-state index contributed by atoms with van der Waals surface area (Å²) in [5.41, 5.74) is 1.68. The molecule has 4 heteroatoms. The third-order valence-corrected chi connectivity index (χ3v) is 4.75. The largest absolute Gasteiger partial charge is 0.289 e. The van der Waals surface area contributed by atoms with Crippen LogP contribution in [0.2, 0.25) is 0 Å². The van der Waals surface area contributed by atoms with Crippen molar-refractivity contribution in [2.45, 2.75) is 109 Å². The first-order valence-electron chi connectivity index (χ1n) is 9.85. The Kier molecular flexibility index (Phi) is 19.6. The summed E-state index contributed by atoms with van der Waals surface area (Å²) in [7, 11) is 0. The summed E-state index contributed by atoms with van der Waals surface area (Å²) in [5, 5.41) is 8.37. The van der Waals surface area contributed by atoms with Crippen molar-refractivity contribution in [3.05, 3.63) is 0 Å². The van der Waals surface area contributed by atoms with E-state index in [0.29, 0.717) is 6.42 Å². The molecule has 0 bridgehead atoms. The molecule has 0 saturated heterocycles. The fourth-order valence-corrected chi connectivity index (χ4v) is 3.15. The molecule has 0 atom stereocenters. The molecule has 0 unspecified atom stereocenters. The summed E-state index contributed by atoms with van der Waals surface area (Å²) >= 11 is 4.24. The fraction of sp³-hybridized carbons (Fsp3) is 0.947. The molecular formula is C19H39NO2S. The van der Waals surface area contributed by atoms with Crippen molar-refractivity contribution in [2.75, 3.05) is 5.75 Å². The number of thiol groups is 1. The van der Waals surface area contributed by atoms with Gasteiger partial charge in [-0.25, -0.2) is 5.48 Å². The Bertz CT molecular complexity index is 250. The minimum Gasteiger partial charge on any atom is -0.289 e. The van der Waals surface area contributed by atoms with Gasteiger partial charge in [0.15, 0.2) is 0 Å². The second-order valence-electron chi connectivity index (χ2n) is 6.67. The van der Waals surface area contributed by atoms with E-state index in [2.05, 4.69) is 12.6 Å². The summed E-state index contributed by atoms with van der Waals surface area (Å²) < 4.78 is 0. The zero-order valence-corrected chi connectivity index (χ0v) is 15.9. The molecule has 0 aromatic heterocycles. The van der Waals surface area contributed by atoms with E-state index in [1.54, 1.807) is 5.48 Å². The standard InChI is InChI=1S/C19H39NO2S/c21-19(20-22)17-15-13-11-9-7-5-3-1-2-4-6-8-10-12-14-16-18-23/h22-23H,1-18H2,(H,20,21). The van der Waals surface area contributed by atoms with Crippen LogP contribution in [-0.2, 0) is 4.79 Å². The number of unbranched alkanes of at least 4 members (excludes halogenated alkanes) is 15. The highest BCUT2D eigenvalue weighted by molar-refractivity contribution is 7.80. The van der Waals surface area contributed by atoms with Crippen molar-refractivity contribution < 1.29 is 10.0 Å². The van der Waals surface area contributed by atoms with E-state index in [9.17, 15) is 4.79 Å². The Morgan fingerprint density at radius 1 is 0.609 bits per heavy atom. The molecule has 23 heavy (non-hydrogen) atoms. The van der Waals surface area contributed by atoms with Crippen molar-refractivity contribution in [3.63, 3.8) is 0 Å². The molecule has 0 aromatic carbocycles. The van der Waals surface area contributed by atoms with Gasteiger partial charge in [0.05, 0.1) is 0 Å². The molecule has 0 radical (unpaired) electrons. The molecule has 1 amide bonds. The number of hydrogen-bond acceptors (Lipinski definition) is 3. The van der Waals surface area contributed by atoms with Gasteiger partial charge in [0.25, 0.3) is 0 Å². The number of rotatable bonds is 18. The van der Waals surface area contributed by atoms with Crippen LogP contribution < -0.4 is 5.48 Å². The SMILES string of the molecule is O=C(CCCCCCCCCCCCCCCCCCS)NO. The highest BCUT2D eigenvalue weighted by Crippen LogP contribution is 2.14. The summed E-state index contributed by atoms with van der Waals surface area (Å²) in [6.07, 6.45) is 21.5. The second kappa shape index (κ2) is 19.8. The molecular weight excluding hydrogens is 306 g/mol. The van der Waals surface area contributed by atoms with Crippen molar-refractivity contribution in [3.8, 4) is 0 Å². The van der Waals surface area contributed by atoms with Crippen LogP contribution in [-0.4, -0.2) is 16.9 Å². The van der Waals surface area contributed by atoms with E-state index in [0.717, 1.165) is 18.6 Å². The zero-order valence-electron chi connectivity index (χ0n) is 15.0. The third kappa shape index (κ3) is 19.7. The fourth-order valence-electron chi connectivity index (χ4n) is 2.93.